The summed E-state index contributed by atoms with van der Waals surface area (Å²) >= 11 is 0. The monoisotopic (exact) mass is 345 g/mol. The van der Waals surface area contributed by atoms with Crippen molar-refractivity contribution < 1.29 is 13.7 Å². The molecule has 0 aromatic heterocycles. The van der Waals surface area contributed by atoms with Gasteiger partial charge in [-0.2, -0.15) is 0 Å². The van der Waals surface area contributed by atoms with Gasteiger partial charge in [-0.1, -0.05) is 42.5 Å². The average Bonchev–Trinajstić information content (AvgIpc) is 2.59. The van der Waals surface area contributed by atoms with E-state index in [1.54, 1.807) is 12.1 Å². The SMILES string of the molecule is COC(=O)c1ccc([C@H](NS(=O)C(C)(C)C)c2ccccc2)cc1. The van der Waals surface area contributed by atoms with E-state index in [4.69, 9.17) is 4.74 Å². The zero-order valence-corrected chi connectivity index (χ0v) is 15.2. The first-order chi connectivity index (χ1) is 11.3. The fourth-order valence-corrected chi connectivity index (χ4v) is 3.03. The lowest BCUT2D eigenvalue weighted by Crippen LogP contribution is -2.36. The molecule has 24 heavy (non-hydrogen) atoms. The molecule has 0 heterocycles. The van der Waals surface area contributed by atoms with Crippen molar-refractivity contribution in [2.75, 3.05) is 7.11 Å². The zero-order valence-electron chi connectivity index (χ0n) is 14.4. The molecule has 1 unspecified atom stereocenters. The molecule has 2 atom stereocenters. The van der Waals surface area contributed by atoms with E-state index in [2.05, 4.69) is 4.72 Å². The van der Waals surface area contributed by atoms with Crippen LogP contribution in [0.3, 0.4) is 0 Å². The minimum absolute atomic E-state index is 0.224. The number of methoxy groups -OCH3 is 1. The first-order valence-corrected chi connectivity index (χ1v) is 8.89. The Hall–Kier alpha value is -1.98. The average molecular weight is 345 g/mol. The maximum absolute atomic E-state index is 12.6. The van der Waals surface area contributed by atoms with E-state index in [0.29, 0.717) is 5.56 Å². The molecule has 128 valence electrons. The summed E-state index contributed by atoms with van der Waals surface area (Å²) in [5.41, 5.74) is 2.44. The molecule has 0 fully saturated rings. The molecular formula is C19H23NO3S. The van der Waals surface area contributed by atoms with Crippen LogP contribution in [-0.2, 0) is 15.7 Å². The molecule has 0 amide bonds. The predicted molar refractivity (Wildman–Crippen MR) is 97.1 cm³/mol. The van der Waals surface area contributed by atoms with Crippen LogP contribution in [0, 0.1) is 0 Å². The standard InChI is InChI=1S/C19H23NO3S/c1-19(2,3)24(22)20-17(14-8-6-5-7-9-14)15-10-12-16(13-11-15)18(21)23-4/h5-13,17,20H,1-4H3/t17-,24?/m1/s1. The van der Waals surface area contributed by atoms with Crippen LogP contribution < -0.4 is 4.72 Å². The van der Waals surface area contributed by atoms with Crippen LogP contribution in [0.5, 0.6) is 0 Å². The van der Waals surface area contributed by atoms with Crippen molar-refractivity contribution in [2.24, 2.45) is 0 Å². The molecule has 0 aliphatic rings. The number of esters is 1. The fourth-order valence-electron chi connectivity index (χ4n) is 2.19. The van der Waals surface area contributed by atoms with Gasteiger partial charge >= 0.3 is 5.97 Å². The highest BCUT2D eigenvalue weighted by atomic mass is 32.2. The van der Waals surface area contributed by atoms with Gasteiger partial charge in [-0.15, -0.1) is 0 Å². The Balaban J connectivity index is 2.36. The summed E-state index contributed by atoms with van der Waals surface area (Å²) in [7, 11) is 0.132. The maximum atomic E-state index is 12.6. The van der Waals surface area contributed by atoms with E-state index in [-0.39, 0.29) is 16.8 Å². The molecule has 1 N–H and O–H groups in total. The molecule has 0 saturated heterocycles. The van der Waals surface area contributed by atoms with Gasteiger partial charge in [0.15, 0.2) is 0 Å². The Labute approximate surface area is 145 Å². The number of benzene rings is 2. The van der Waals surface area contributed by atoms with Crippen molar-refractivity contribution in [3.8, 4) is 0 Å². The fraction of sp³-hybridized carbons (Fsp3) is 0.316. The van der Waals surface area contributed by atoms with Crippen LogP contribution >= 0.6 is 0 Å². The third-order valence-corrected chi connectivity index (χ3v) is 5.14. The van der Waals surface area contributed by atoms with E-state index >= 15 is 0 Å². The Kier molecular flexibility index (Phi) is 5.91. The number of carbonyl (C=O) groups excluding carboxylic acids is 1. The van der Waals surface area contributed by atoms with Crippen LogP contribution in [0.2, 0.25) is 0 Å². The molecule has 0 spiro atoms. The van der Waals surface area contributed by atoms with Crippen molar-refractivity contribution in [1.29, 1.82) is 0 Å². The Morgan fingerprint density at radius 2 is 1.54 bits per heavy atom. The lowest BCUT2D eigenvalue weighted by atomic mass is 9.99. The predicted octanol–water partition coefficient (Wildman–Crippen LogP) is 3.61. The number of carbonyl (C=O) groups is 1. The Bertz CT molecular complexity index is 706. The smallest absolute Gasteiger partial charge is 0.337 e. The van der Waals surface area contributed by atoms with Crippen LogP contribution in [-0.4, -0.2) is 22.0 Å². The van der Waals surface area contributed by atoms with Gasteiger partial charge in [0.05, 0.1) is 34.4 Å². The number of ether oxygens (including phenoxy) is 1. The van der Waals surface area contributed by atoms with Gasteiger partial charge in [-0.25, -0.2) is 13.7 Å². The van der Waals surface area contributed by atoms with Gasteiger partial charge in [0.1, 0.15) is 0 Å². The highest BCUT2D eigenvalue weighted by Crippen LogP contribution is 2.25. The summed E-state index contributed by atoms with van der Waals surface area (Å²) in [5, 5.41) is 0. The third-order valence-electron chi connectivity index (χ3n) is 3.58. The minimum Gasteiger partial charge on any atom is -0.465 e. The van der Waals surface area contributed by atoms with Crippen LogP contribution in [0.1, 0.15) is 48.3 Å². The Morgan fingerprint density at radius 1 is 1.00 bits per heavy atom. The molecule has 0 aliphatic carbocycles. The molecule has 2 rings (SSSR count). The summed E-state index contributed by atoms with van der Waals surface area (Å²) in [6, 6.07) is 16.8. The highest BCUT2D eigenvalue weighted by molar-refractivity contribution is 7.84. The van der Waals surface area contributed by atoms with Gasteiger partial charge in [-0.3, -0.25) is 0 Å². The normalized spacial score (nSPS) is 14.0. The number of hydrogen-bond donors (Lipinski definition) is 1. The van der Waals surface area contributed by atoms with Gasteiger partial charge in [0.25, 0.3) is 0 Å². The number of rotatable bonds is 5. The molecule has 0 aliphatic heterocycles. The summed E-state index contributed by atoms with van der Waals surface area (Å²) in [6.07, 6.45) is 0. The molecule has 4 nitrogen and oxygen atoms in total. The second kappa shape index (κ2) is 7.73. The summed E-state index contributed by atoms with van der Waals surface area (Å²) in [4.78, 5) is 11.6. The summed E-state index contributed by atoms with van der Waals surface area (Å²) in [5.74, 6) is -0.371. The van der Waals surface area contributed by atoms with Crippen LogP contribution in [0.15, 0.2) is 54.6 Å². The lowest BCUT2D eigenvalue weighted by molar-refractivity contribution is 0.0600. The molecular weight excluding hydrogens is 322 g/mol. The molecule has 2 aromatic rings. The number of nitrogens with one attached hydrogen (secondary N) is 1. The van der Waals surface area contributed by atoms with Crippen molar-refractivity contribution >= 4 is 17.0 Å². The molecule has 5 heteroatoms. The van der Waals surface area contributed by atoms with E-state index in [0.717, 1.165) is 11.1 Å². The molecule has 0 radical (unpaired) electrons. The third kappa shape index (κ3) is 4.52. The van der Waals surface area contributed by atoms with Crippen molar-refractivity contribution in [3.63, 3.8) is 0 Å². The maximum Gasteiger partial charge on any atom is 0.337 e. The van der Waals surface area contributed by atoms with Gasteiger partial charge in [-0.05, 0) is 44.0 Å². The number of hydrogen-bond acceptors (Lipinski definition) is 3. The van der Waals surface area contributed by atoms with Crippen molar-refractivity contribution in [3.05, 3.63) is 71.3 Å². The lowest BCUT2D eigenvalue weighted by Gasteiger charge is -2.25. The topological polar surface area (TPSA) is 55.4 Å². The highest BCUT2D eigenvalue weighted by Gasteiger charge is 2.24. The molecule has 0 bridgehead atoms. The summed E-state index contributed by atoms with van der Waals surface area (Å²) < 4.78 is 20.1. The van der Waals surface area contributed by atoms with E-state index in [1.807, 2.05) is 63.2 Å². The van der Waals surface area contributed by atoms with Crippen LogP contribution in [0.4, 0.5) is 0 Å². The largest absolute Gasteiger partial charge is 0.465 e. The Morgan fingerprint density at radius 3 is 2.04 bits per heavy atom. The first-order valence-electron chi connectivity index (χ1n) is 7.74. The molecule has 0 saturated carbocycles. The van der Waals surface area contributed by atoms with Gasteiger partial charge < -0.3 is 4.74 Å². The zero-order chi connectivity index (χ0) is 17.7. The van der Waals surface area contributed by atoms with Crippen LogP contribution in [0.25, 0.3) is 0 Å². The van der Waals surface area contributed by atoms with E-state index in [1.165, 1.54) is 7.11 Å². The first kappa shape index (κ1) is 18.4. The molecule has 2 aromatic carbocycles. The van der Waals surface area contributed by atoms with Crippen molar-refractivity contribution in [1.82, 2.24) is 4.72 Å². The van der Waals surface area contributed by atoms with Gasteiger partial charge in [0.2, 0.25) is 0 Å². The quantitative estimate of drug-likeness (QED) is 0.842. The van der Waals surface area contributed by atoms with E-state index < -0.39 is 11.0 Å². The minimum atomic E-state index is -1.23. The van der Waals surface area contributed by atoms with Crippen molar-refractivity contribution in [2.45, 2.75) is 31.6 Å². The second-order valence-corrected chi connectivity index (χ2v) is 8.45. The summed E-state index contributed by atoms with van der Waals surface area (Å²) in [6.45, 7) is 5.79. The van der Waals surface area contributed by atoms with Gasteiger partial charge in [0, 0.05) is 0 Å². The van der Waals surface area contributed by atoms with E-state index in [9.17, 15) is 9.00 Å². The second-order valence-electron chi connectivity index (χ2n) is 6.46.